The number of nitrogens with zero attached hydrogens (tertiary/aromatic N) is 2. The van der Waals surface area contributed by atoms with Gasteiger partial charge in [-0.05, 0) is 37.7 Å². The quantitative estimate of drug-likeness (QED) is 0.862. The Hall–Kier alpha value is -0.580. The van der Waals surface area contributed by atoms with Crippen LogP contribution >= 0.6 is 35.0 Å². The van der Waals surface area contributed by atoms with Crippen molar-refractivity contribution < 1.29 is 0 Å². The summed E-state index contributed by atoms with van der Waals surface area (Å²) in [6, 6.07) is 4.08. The van der Waals surface area contributed by atoms with E-state index < -0.39 is 0 Å². The molecular weight excluding hydrogens is 313 g/mol. The zero-order valence-corrected chi connectivity index (χ0v) is 13.6. The number of benzene rings is 1. The average molecular weight is 330 g/mol. The summed E-state index contributed by atoms with van der Waals surface area (Å²) in [6.45, 7) is 0. The van der Waals surface area contributed by atoms with Crippen LogP contribution in [0.4, 0.5) is 5.95 Å². The molecule has 1 aliphatic rings. The second-order valence-electron chi connectivity index (χ2n) is 5.27. The molecule has 3 rings (SSSR count). The Morgan fingerprint density at radius 2 is 2.05 bits per heavy atom. The Labute approximate surface area is 132 Å². The molecule has 2 unspecified atom stereocenters. The molecule has 0 amide bonds. The van der Waals surface area contributed by atoms with Gasteiger partial charge in [0.25, 0.3) is 0 Å². The van der Waals surface area contributed by atoms with Gasteiger partial charge in [0.2, 0.25) is 5.95 Å². The molecule has 1 saturated carbocycles. The topological polar surface area (TPSA) is 43.8 Å². The maximum atomic E-state index is 6.15. The normalized spacial score (nSPS) is 23.4. The molecule has 3 nitrogen and oxygen atoms in total. The molecule has 2 atom stereocenters. The van der Waals surface area contributed by atoms with Crippen molar-refractivity contribution in [1.29, 1.82) is 0 Å². The summed E-state index contributed by atoms with van der Waals surface area (Å²) in [6.07, 6.45) is 6.98. The average Bonchev–Trinajstić information content (AvgIpc) is 2.74. The number of thioether (sulfide) groups is 1. The first-order valence-electron chi connectivity index (χ1n) is 6.75. The van der Waals surface area contributed by atoms with Gasteiger partial charge in [-0.25, -0.2) is 4.98 Å². The molecule has 0 aliphatic heterocycles. The first-order chi connectivity index (χ1) is 9.60. The number of hydrogen-bond acceptors (Lipinski definition) is 3. The van der Waals surface area contributed by atoms with Gasteiger partial charge in [-0.1, -0.05) is 29.6 Å². The maximum absolute atomic E-state index is 6.15. The molecule has 20 heavy (non-hydrogen) atoms. The van der Waals surface area contributed by atoms with Crippen LogP contribution in [-0.2, 0) is 0 Å². The minimum atomic E-state index is 0.406. The van der Waals surface area contributed by atoms with E-state index in [1.807, 2.05) is 17.8 Å². The molecule has 2 N–H and O–H groups in total. The van der Waals surface area contributed by atoms with Crippen LogP contribution in [0, 0.1) is 0 Å². The summed E-state index contributed by atoms with van der Waals surface area (Å²) < 4.78 is 2.14. The number of imidazole rings is 1. The highest BCUT2D eigenvalue weighted by Crippen LogP contribution is 2.38. The second kappa shape index (κ2) is 5.66. The van der Waals surface area contributed by atoms with Gasteiger partial charge in [0.05, 0.1) is 21.1 Å². The van der Waals surface area contributed by atoms with E-state index in [0.29, 0.717) is 27.3 Å². The molecule has 1 heterocycles. The van der Waals surface area contributed by atoms with Gasteiger partial charge in [0.15, 0.2) is 0 Å². The van der Waals surface area contributed by atoms with Crippen LogP contribution in [-0.4, -0.2) is 21.1 Å². The fourth-order valence-electron chi connectivity index (χ4n) is 3.06. The molecule has 0 bridgehead atoms. The third-order valence-electron chi connectivity index (χ3n) is 4.06. The van der Waals surface area contributed by atoms with E-state index in [1.54, 1.807) is 6.07 Å². The molecule has 108 valence electrons. The molecule has 0 radical (unpaired) electrons. The fraction of sp³-hybridized carbons (Fsp3) is 0.500. The van der Waals surface area contributed by atoms with Crippen LogP contribution in [0.15, 0.2) is 12.1 Å². The van der Waals surface area contributed by atoms with Crippen molar-refractivity contribution >= 4 is 51.9 Å². The molecule has 1 fully saturated rings. The van der Waals surface area contributed by atoms with Gasteiger partial charge in [0, 0.05) is 11.3 Å². The minimum absolute atomic E-state index is 0.406. The lowest BCUT2D eigenvalue weighted by Gasteiger charge is -2.30. The third-order valence-corrected chi connectivity index (χ3v) is 5.87. The monoisotopic (exact) mass is 329 g/mol. The zero-order valence-electron chi connectivity index (χ0n) is 11.3. The van der Waals surface area contributed by atoms with Crippen molar-refractivity contribution in [1.82, 2.24) is 9.55 Å². The van der Waals surface area contributed by atoms with Crippen molar-refractivity contribution in [2.45, 2.75) is 37.0 Å². The van der Waals surface area contributed by atoms with E-state index in [1.165, 1.54) is 12.8 Å². The summed E-state index contributed by atoms with van der Waals surface area (Å²) in [7, 11) is 0. The highest BCUT2D eigenvalue weighted by atomic mass is 35.5. The number of hydrogen-bond donors (Lipinski definition) is 1. The van der Waals surface area contributed by atoms with E-state index in [4.69, 9.17) is 28.9 Å². The smallest absolute Gasteiger partial charge is 0.201 e. The van der Waals surface area contributed by atoms with Crippen LogP contribution in [0.3, 0.4) is 0 Å². The summed E-state index contributed by atoms with van der Waals surface area (Å²) in [5.74, 6) is 0.560. The summed E-state index contributed by atoms with van der Waals surface area (Å²) >= 11 is 14.1. The van der Waals surface area contributed by atoms with Crippen molar-refractivity contribution in [3.63, 3.8) is 0 Å². The number of anilines is 1. The predicted octanol–water partition coefficient (Wildman–Crippen LogP) is 4.77. The minimum Gasteiger partial charge on any atom is -0.369 e. The Morgan fingerprint density at radius 1 is 1.30 bits per heavy atom. The molecule has 1 aromatic heterocycles. The standard InChI is InChI=1S/C14H17Cl2N3S/c1-20-9-4-2-3-8(5-9)19-13-7-11(16)10(15)6-12(13)18-14(19)17/h6-9H,2-5H2,1H3,(H2,17,18). The first kappa shape index (κ1) is 14.4. The summed E-state index contributed by atoms with van der Waals surface area (Å²) in [5, 5.41) is 1.78. The van der Waals surface area contributed by atoms with E-state index in [9.17, 15) is 0 Å². The number of rotatable bonds is 2. The van der Waals surface area contributed by atoms with E-state index in [0.717, 1.165) is 23.9 Å². The van der Waals surface area contributed by atoms with Gasteiger partial charge >= 0.3 is 0 Å². The van der Waals surface area contributed by atoms with Crippen molar-refractivity contribution in [2.75, 3.05) is 12.0 Å². The highest BCUT2D eigenvalue weighted by molar-refractivity contribution is 7.99. The number of nitrogens with two attached hydrogens (primary N) is 1. The van der Waals surface area contributed by atoms with Gasteiger partial charge in [-0.2, -0.15) is 11.8 Å². The van der Waals surface area contributed by atoms with Crippen LogP contribution in [0.25, 0.3) is 11.0 Å². The summed E-state index contributed by atoms with van der Waals surface area (Å²) in [4.78, 5) is 4.43. The molecular formula is C14H17Cl2N3S. The Bertz CT molecular complexity index is 641. The van der Waals surface area contributed by atoms with Gasteiger partial charge in [0.1, 0.15) is 0 Å². The predicted molar refractivity (Wildman–Crippen MR) is 89.0 cm³/mol. The molecule has 0 saturated heterocycles. The molecule has 6 heteroatoms. The molecule has 1 aliphatic carbocycles. The van der Waals surface area contributed by atoms with Gasteiger partial charge < -0.3 is 10.3 Å². The SMILES string of the molecule is CSC1CCCC(n2c(N)nc3cc(Cl)c(Cl)cc32)C1. The van der Waals surface area contributed by atoms with Crippen LogP contribution in [0.5, 0.6) is 0 Å². The van der Waals surface area contributed by atoms with Crippen molar-refractivity contribution in [3.8, 4) is 0 Å². The Kier molecular flexibility index (Phi) is 4.07. The molecule has 0 spiro atoms. The van der Waals surface area contributed by atoms with Crippen molar-refractivity contribution in [2.24, 2.45) is 0 Å². The maximum Gasteiger partial charge on any atom is 0.201 e. The van der Waals surface area contributed by atoms with E-state index in [2.05, 4.69) is 15.8 Å². The number of halogens is 2. The second-order valence-corrected chi connectivity index (χ2v) is 7.23. The highest BCUT2D eigenvalue weighted by Gasteiger charge is 2.25. The molecule has 1 aromatic carbocycles. The largest absolute Gasteiger partial charge is 0.369 e. The van der Waals surface area contributed by atoms with Gasteiger partial charge in [-0.3, -0.25) is 0 Å². The first-order valence-corrected chi connectivity index (χ1v) is 8.79. The lowest BCUT2D eigenvalue weighted by atomic mass is 9.94. The van der Waals surface area contributed by atoms with Crippen LogP contribution in [0.1, 0.15) is 31.7 Å². The summed E-state index contributed by atoms with van der Waals surface area (Å²) in [5.41, 5.74) is 7.94. The van der Waals surface area contributed by atoms with E-state index in [-0.39, 0.29) is 0 Å². The third kappa shape index (κ3) is 2.49. The lowest BCUT2D eigenvalue weighted by Crippen LogP contribution is -2.21. The Balaban J connectivity index is 2.06. The fourth-order valence-corrected chi connectivity index (χ4v) is 4.19. The number of nitrogen functional groups attached to an aromatic ring is 1. The number of aromatic nitrogens is 2. The molecule has 2 aromatic rings. The number of fused-ring (bicyclic) bond motifs is 1. The van der Waals surface area contributed by atoms with Crippen LogP contribution < -0.4 is 5.73 Å². The van der Waals surface area contributed by atoms with Gasteiger partial charge in [-0.15, -0.1) is 0 Å². The lowest BCUT2D eigenvalue weighted by molar-refractivity contribution is 0.371. The Morgan fingerprint density at radius 3 is 2.80 bits per heavy atom. The van der Waals surface area contributed by atoms with Crippen LogP contribution in [0.2, 0.25) is 10.0 Å². The van der Waals surface area contributed by atoms with E-state index >= 15 is 0 Å². The van der Waals surface area contributed by atoms with Crippen molar-refractivity contribution in [3.05, 3.63) is 22.2 Å². The zero-order chi connectivity index (χ0) is 14.3.